The van der Waals surface area contributed by atoms with Gasteiger partial charge in [-0.05, 0) is 65.6 Å². The van der Waals surface area contributed by atoms with Gasteiger partial charge in [-0.1, -0.05) is 0 Å². The Morgan fingerprint density at radius 3 is 2.50 bits per heavy atom. The fourth-order valence-electron chi connectivity index (χ4n) is 1.55. The maximum atomic E-state index is 9.60. The SMILES string of the molecule is CC(C)(C)OC=O.NCCC1CCCNC1. The van der Waals surface area contributed by atoms with Gasteiger partial charge in [0, 0.05) is 0 Å². The Bertz CT molecular complexity index is 170. The molecule has 1 heterocycles. The summed E-state index contributed by atoms with van der Waals surface area (Å²) in [6.07, 6.45) is 3.92. The molecule has 1 unspecified atom stereocenters. The van der Waals surface area contributed by atoms with Gasteiger partial charge < -0.3 is 15.8 Å². The fraction of sp³-hybridized carbons (Fsp3) is 0.917. The van der Waals surface area contributed by atoms with Crippen molar-refractivity contribution in [3.63, 3.8) is 0 Å². The predicted molar refractivity (Wildman–Crippen MR) is 66.2 cm³/mol. The third-order valence-corrected chi connectivity index (χ3v) is 2.38. The average molecular weight is 230 g/mol. The highest BCUT2D eigenvalue weighted by atomic mass is 16.5. The normalized spacial score (nSPS) is 20.6. The second kappa shape index (κ2) is 8.53. The van der Waals surface area contributed by atoms with Gasteiger partial charge in [0.2, 0.25) is 0 Å². The maximum absolute atomic E-state index is 9.60. The van der Waals surface area contributed by atoms with Crippen molar-refractivity contribution < 1.29 is 9.53 Å². The second-order valence-corrected chi connectivity index (χ2v) is 5.12. The molecule has 0 aromatic rings. The molecule has 0 aromatic heterocycles. The molecular weight excluding hydrogens is 204 g/mol. The van der Waals surface area contributed by atoms with Gasteiger partial charge >= 0.3 is 0 Å². The minimum absolute atomic E-state index is 0.318. The summed E-state index contributed by atoms with van der Waals surface area (Å²) >= 11 is 0. The van der Waals surface area contributed by atoms with Crippen molar-refractivity contribution in [2.45, 2.75) is 45.6 Å². The van der Waals surface area contributed by atoms with Crippen LogP contribution in [0.2, 0.25) is 0 Å². The first-order chi connectivity index (χ1) is 7.49. The molecule has 0 saturated carbocycles. The average Bonchev–Trinajstić information content (AvgIpc) is 2.19. The number of carbonyl (C=O) groups is 1. The van der Waals surface area contributed by atoms with Gasteiger partial charge in [-0.25, -0.2) is 0 Å². The molecule has 96 valence electrons. The van der Waals surface area contributed by atoms with Crippen LogP contribution in [-0.4, -0.2) is 31.7 Å². The summed E-state index contributed by atoms with van der Waals surface area (Å²) in [4.78, 5) is 9.60. The molecule has 1 aliphatic rings. The van der Waals surface area contributed by atoms with Gasteiger partial charge in [0.15, 0.2) is 0 Å². The minimum atomic E-state index is -0.318. The van der Waals surface area contributed by atoms with E-state index in [2.05, 4.69) is 10.1 Å². The summed E-state index contributed by atoms with van der Waals surface area (Å²) in [6.45, 7) is 9.18. The molecule has 0 spiro atoms. The predicted octanol–water partition coefficient (Wildman–Crippen LogP) is 1.29. The lowest BCUT2D eigenvalue weighted by Gasteiger charge is -2.21. The van der Waals surface area contributed by atoms with Crippen LogP contribution in [0.15, 0.2) is 0 Å². The van der Waals surface area contributed by atoms with Gasteiger partial charge in [0.25, 0.3) is 6.47 Å². The number of hydrogen-bond acceptors (Lipinski definition) is 4. The second-order valence-electron chi connectivity index (χ2n) is 5.12. The van der Waals surface area contributed by atoms with E-state index in [0.717, 1.165) is 12.5 Å². The zero-order valence-electron chi connectivity index (χ0n) is 10.8. The first-order valence-electron chi connectivity index (χ1n) is 6.02. The van der Waals surface area contributed by atoms with Crippen LogP contribution in [-0.2, 0) is 9.53 Å². The summed E-state index contributed by atoms with van der Waals surface area (Å²) in [6, 6.07) is 0. The van der Waals surface area contributed by atoms with Crippen LogP contribution < -0.4 is 11.1 Å². The number of ether oxygens (including phenoxy) is 1. The third kappa shape index (κ3) is 9.93. The van der Waals surface area contributed by atoms with Crippen molar-refractivity contribution in [2.75, 3.05) is 19.6 Å². The molecule has 3 N–H and O–H groups in total. The number of hydrogen-bond donors (Lipinski definition) is 2. The Morgan fingerprint density at radius 2 is 2.19 bits per heavy atom. The molecule has 0 radical (unpaired) electrons. The number of nitrogens with two attached hydrogens (primary N) is 1. The van der Waals surface area contributed by atoms with E-state index in [1.165, 1.54) is 32.4 Å². The molecule has 1 fully saturated rings. The molecule has 0 aliphatic carbocycles. The van der Waals surface area contributed by atoms with Crippen LogP contribution in [0.25, 0.3) is 0 Å². The highest BCUT2D eigenvalue weighted by molar-refractivity contribution is 5.37. The van der Waals surface area contributed by atoms with E-state index in [-0.39, 0.29) is 5.60 Å². The molecule has 1 rings (SSSR count). The Kier molecular flexibility index (Phi) is 8.21. The van der Waals surface area contributed by atoms with Crippen molar-refractivity contribution in [3.05, 3.63) is 0 Å². The largest absolute Gasteiger partial charge is 0.462 e. The van der Waals surface area contributed by atoms with Crippen LogP contribution in [0.4, 0.5) is 0 Å². The van der Waals surface area contributed by atoms with Crippen molar-refractivity contribution in [3.8, 4) is 0 Å². The quantitative estimate of drug-likeness (QED) is 0.717. The Balaban J connectivity index is 0.000000293. The van der Waals surface area contributed by atoms with Crippen molar-refractivity contribution in [1.29, 1.82) is 0 Å². The van der Waals surface area contributed by atoms with Crippen LogP contribution in [0, 0.1) is 5.92 Å². The highest BCUT2D eigenvalue weighted by Gasteiger charge is 2.10. The smallest absolute Gasteiger partial charge is 0.293 e. The molecular formula is C12H26N2O2. The Hall–Kier alpha value is -0.610. The van der Waals surface area contributed by atoms with Gasteiger partial charge in [-0.15, -0.1) is 0 Å². The van der Waals surface area contributed by atoms with E-state index >= 15 is 0 Å². The molecule has 0 amide bonds. The molecule has 4 heteroatoms. The number of carbonyl (C=O) groups excluding carboxylic acids is 1. The van der Waals surface area contributed by atoms with Crippen molar-refractivity contribution in [1.82, 2.24) is 5.32 Å². The number of rotatable bonds is 3. The zero-order valence-corrected chi connectivity index (χ0v) is 10.8. The first kappa shape index (κ1) is 15.4. The van der Waals surface area contributed by atoms with Gasteiger partial charge in [-0.3, -0.25) is 4.79 Å². The monoisotopic (exact) mass is 230 g/mol. The summed E-state index contributed by atoms with van der Waals surface area (Å²) in [5.41, 5.74) is 5.11. The Morgan fingerprint density at radius 1 is 1.50 bits per heavy atom. The molecule has 16 heavy (non-hydrogen) atoms. The van der Waals surface area contributed by atoms with Crippen LogP contribution >= 0.6 is 0 Å². The van der Waals surface area contributed by atoms with Gasteiger partial charge in [0.05, 0.1) is 0 Å². The summed E-state index contributed by atoms with van der Waals surface area (Å²) in [5, 5.41) is 3.36. The topological polar surface area (TPSA) is 64.3 Å². The maximum Gasteiger partial charge on any atom is 0.293 e. The van der Waals surface area contributed by atoms with E-state index in [0.29, 0.717) is 6.47 Å². The molecule has 1 aliphatic heterocycles. The van der Waals surface area contributed by atoms with E-state index in [1.54, 1.807) is 0 Å². The van der Waals surface area contributed by atoms with Crippen LogP contribution in [0.1, 0.15) is 40.0 Å². The van der Waals surface area contributed by atoms with E-state index in [9.17, 15) is 4.79 Å². The molecule has 4 nitrogen and oxygen atoms in total. The number of nitrogens with one attached hydrogen (secondary N) is 1. The molecule has 1 atom stereocenters. The third-order valence-electron chi connectivity index (χ3n) is 2.38. The first-order valence-corrected chi connectivity index (χ1v) is 6.02. The Labute approximate surface area is 98.9 Å². The van der Waals surface area contributed by atoms with Crippen molar-refractivity contribution >= 4 is 6.47 Å². The van der Waals surface area contributed by atoms with Crippen LogP contribution in [0.5, 0.6) is 0 Å². The van der Waals surface area contributed by atoms with E-state index < -0.39 is 0 Å². The molecule has 0 aromatic carbocycles. The number of piperidine rings is 1. The summed E-state index contributed by atoms with van der Waals surface area (Å²) in [7, 11) is 0. The van der Waals surface area contributed by atoms with E-state index in [4.69, 9.17) is 5.73 Å². The molecule has 1 saturated heterocycles. The summed E-state index contributed by atoms with van der Waals surface area (Å²) in [5.74, 6) is 0.865. The van der Waals surface area contributed by atoms with E-state index in [1.807, 2.05) is 20.8 Å². The van der Waals surface area contributed by atoms with Crippen molar-refractivity contribution in [2.24, 2.45) is 11.7 Å². The lowest BCUT2D eigenvalue weighted by molar-refractivity contribution is -0.138. The van der Waals surface area contributed by atoms with Gasteiger partial charge in [0.1, 0.15) is 5.60 Å². The highest BCUT2D eigenvalue weighted by Crippen LogP contribution is 2.12. The minimum Gasteiger partial charge on any atom is -0.462 e. The van der Waals surface area contributed by atoms with Crippen LogP contribution in [0.3, 0.4) is 0 Å². The summed E-state index contributed by atoms with van der Waals surface area (Å²) < 4.78 is 4.55. The lowest BCUT2D eigenvalue weighted by Crippen LogP contribution is -2.30. The van der Waals surface area contributed by atoms with Gasteiger partial charge in [-0.2, -0.15) is 0 Å². The standard InChI is InChI=1S/C7H16N2.C5H10O2/c8-4-3-7-2-1-5-9-6-7;1-5(2,3)7-4-6/h7,9H,1-6,8H2;4H,1-3H3. The zero-order chi connectivity index (χ0) is 12.4. The lowest BCUT2D eigenvalue weighted by atomic mass is 9.96. The molecule has 0 bridgehead atoms. The fourth-order valence-corrected chi connectivity index (χ4v) is 1.55.